The van der Waals surface area contributed by atoms with Crippen molar-refractivity contribution in [1.29, 1.82) is 0 Å². The molecule has 2 aromatic carbocycles. The molecule has 0 radical (unpaired) electrons. The van der Waals surface area contributed by atoms with Gasteiger partial charge < -0.3 is 5.11 Å². The van der Waals surface area contributed by atoms with Crippen LogP contribution < -0.4 is 4.72 Å². The number of anilines is 1. The average molecular weight is 628 g/mol. The summed E-state index contributed by atoms with van der Waals surface area (Å²) < 4.78 is 53.9. The molecule has 0 saturated heterocycles. The van der Waals surface area contributed by atoms with Gasteiger partial charge in [0, 0.05) is 34.7 Å². The lowest BCUT2D eigenvalue weighted by atomic mass is 9.96. The predicted molar refractivity (Wildman–Crippen MR) is 157 cm³/mol. The van der Waals surface area contributed by atoms with E-state index in [1.165, 1.54) is 34.9 Å². The number of nitrogens with one attached hydrogen (secondary N) is 1. The molecule has 5 aromatic rings. The van der Waals surface area contributed by atoms with Gasteiger partial charge in [-0.1, -0.05) is 6.07 Å². The third kappa shape index (κ3) is 5.88. The lowest BCUT2D eigenvalue weighted by molar-refractivity contribution is 0.0691. The Morgan fingerprint density at radius 1 is 1.19 bits per heavy atom. The first-order valence-corrected chi connectivity index (χ1v) is 15.6. The largest absolute Gasteiger partial charge is 0.476 e. The Bertz CT molecular complexity index is 1850. The van der Waals surface area contributed by atoms with Gasteiger partial charge in [0.15, 0.2) is 5.69 Å². The van der Waals surface area contributed by atoms with Gasteiger partial charge in [-0.2, -0.15) is 5.10 Å². The highest BCUT2D eigenvalue weighted by molar-refractivity contribution is 7.80. The van der Waals surface area contributed by atoms with E-state index < -0.39 is 28.9 Å². The first-order chi connectivity index (χ1) is 20.2. The number of nitrogens with zero attached hydrogens (tertiary/aromatic N) is 4. The molecule has 3 N–H and O–H groups in total. The first kappa shape index (κ1) is 28.3. The minimum atomic E-state index is -2.43. The van der Waals surface area contributed by atoms with E-state index in [9.17, 15) is 18.5 Å². The van der Waals surface area contributed by atoms with Gasteiger partial charge in [0.05, 0.1) is 27.0 Å². The number of halogens is 2. The maximum absolute atomic E-state index is 15.0. The minimum absolute atomic E-state index is 0.0953. The first-order valence-electron chi connectivity index (χ1n) is 12.8. The molecule has 216 valence electrons. The van der Waals surface area contributed by atoms with E-state index >= 15 is 4.39 Å². The van der Waals surface area contributed by atoms with Crippen molar-refractivity contribution in [1.82, 2.24) is 19.7 Å². The number of carboxylic acid groups (broad SMARTS) is 1. The van der Waals surface area contributed by atoms with E-state index in [1.54, 1.807) is 29.1 Å². The summed E-state index contributed by atoms with van der Waals surface area (Å²) in [5.74, 6) is -1.83. The third-order valence-corrected chi connectivity index (χ3v) is 9.06. The molecule has 1 atom stereocenters. The average Bonchev–Trinajstić information content (AvgIpc) is 3.29. The smallest absolute Gasteiger partial charge is 0.355 e. The van der Waals surface area contributed by atoms with Gasteiger partial charge in [0.1, 0.15) is 11.6 Å². The summed E-state index contributed by atoms with van der Waals surface area (Å²) in [5, 5.41) is 17.0. The number of rotatable bonds is 10. The summed E-state index contributed by atoms with van der Waals surface area (Å²) in [6.45, 7) is 1.84. The van der Waals surface area contributed by atoms with Crippen LogP contribution in [0.1, 0.15) is 45.2 Å². The van der Waals surface area contributed by atoms with Gasteiger partial charge in [0.25, 0.3) is 11.3 Å². The van der Waals surface area contributed by atoms with Crippen LogP contribution in [0.3, 0.4) is 0 Å². The van der Waals surface area contributed by atoms with Gasteiger partial charge >= 0.3 is 5.97 Å². The van der Waals surface area contributed by atoms with Crippen molar-refractivity contribution in [3.63, 3.8) is 0 Å². The molecule has 6 rings (SSSR count). The van der Waals surface area contributed by atoms with Crippen LogP contribution in [0.5, 0.6) is 0 Å². The number of hydrogen-bond donors (Lipinski definition) is 3. The van der Waals surface area contributed by atoms with Gasteiger partial charge in [0.2, 0.25) is 5.13 Å². The Morgan fingerprint density at radius 3 is 2.64 bits per heavy atom. The van der Waals surface area contributed by atoms with Gasteiger partial charge in [-0.3, -0.25) is 9.27 Å². The van der Waals surface area contributed by atoms with Crippen LogP contribution in [0.15, 0.2) is 48.0 Å². The van der Waals surface area contributed by atoms with Crippen molar-refractivity contribution in [2.24, 2.45) is 5.92 Å². The Hall–Kier alpha value is -3.85. The Morgan fingerprint density at radius 2 is 2.00 bits per heavy atom. The van der Waals surface area contributed by atoms with Crippen molar-refractivity contribution in [3.8, 4) is 26.8 Å². The van der Waals surface area contributed by atoms with Crippen molar-refractivity contribution in [3.05, 3.63) is 87.1 Å². The lowest BCUT2D eigenvalue weighted by Crippen LogP contribution is -2.07. The molecule has 1 aliphatic carbocycles. The third-order valence-electron chi connectivity index (χ3n) is 6.90. The number of aryl methyl sites for hydroxylation is 1. The second kappa shape index (κ2) is 11.4. The van der Waals surface area contributed by atoms with Gasteiger partial charge in [-0.25, -0.2) is 32.4 Å². The molecule has 0 spiro atoms. The van der Waals surface area contributed by atoms with Crippen molar-refractivity contribution < 1.29 is 27.4 Å². The Labute approximate surface area is 249 Å². The number of thiazole rings is 2. The summed E-state index contributed by atoms with van der Waals surface area (Å²) in [6.07, 6.45) is 4.60. The fraction of sp³-hybridized carbons (Fsp3) is 0.214. The monoisotopic (exact) mass is 627 g/mol. The van der Waals surface area contributed by atoms with Gasteiger partial charge in [-0.15, -0.1) is 22.7 Å². The highest BCUT2D eigenvalue weighted by atomic mass is 32.2. The molecule has 9 nitrogen and oxygen atoms in total. The number of hydrogen-bond acceptors (Lipinski definition) is 7. The van der Waals surface area contributed by atoms with Crippen LogP contribution in [0, 0.1) is 24.5 Å². The number of aromatic nitrogens is 4. The van der Waals surface area contributed by atoms with E-state index in [0.29, 0.717) is 44.7 Å². The fourth-order valence-corrected chi connectivity index (χ4v) is 6.64. The molecule has 3 heterocycles. The topological polar surface area (TPSA) is 130 Å². The van der Waals surface area contributed by atoms with Crippen molar-refractivity contribution >= 4 is 45.6 Å². The second-order valence-electron chi connectivity index (χ2n) is 9.93. The molecule has 1 aliphatic rings. The molecule has 3 aromatic heterocycles. The van der Waals surface area contributed by atoms with Gasteiger partial charge in [-0.05, 0) is 68.0 Å². The molecule has 1 saturated carbocycles. The summed E-state index contributed by atoms with van der Waals surface area (Å²) in [5.41, 5.74) is 3.53. The predicted octanol–water partition coefficient (Wildman–Crippen LogP) is 6.50. The van der Waals surface area contributed by atoms with E-state index in [1.807, 2.05) is 6.92 Å². The molecule has 42 heavy (non-hydrogen) atoms. The summed E-state index contributed by atoms with van der Waals surface area (Å²) in [6, 6.07) is 9.07. The molecular formula is C28H23F2N5O4S3. The van der Waals surface area contributed by atoms with Crippen LogP contribution in [0.2, 0.25) is 0 Å². The van der Waals surface area contributed by atoms with E-state index in [2.05, 4.69) is 14.7 Å². The quantitative estimate of drug-likeness (QED) is 0.151. The molecule has 1 unspecified atom stereocenters. The van der Waals surface area contributed by atoms with Crippen LogP contribution >= 0.6 is 22.7 Å². The minimum Gasteiger partial charge on any atom is -0.476 e. The summed E-state index contributed by atoms with van der Waals surface area (Å²) in [7, 11) is 0. The van der Waals surface area contributed by atoms with E-state index in [4.69, 9.17) is 9.65 Å². The van der Waals surface area contributed by atoms with Crippen LogP contribution in [0.4, 0.5) is 14.5 Å². The zero-order valence-corrected chi connectivity index (χ0v) is 24.5. The highest BCUT2D eigenvalue weighted by Crippen LogP contribution is 2.39. The van der Waals surface area contributed by atoms with Crippen LogP contribution in [-0.2, 0) is 24.1 Å². The van der Waals surface area contributed by atoms with Crippen LogP contribution in [0.25, 0.3) is 26.8 Å². The molecule has 0 amide bonds. The standard InChI is InChI=1S/C28H23F2N5O4S3/c1-14-31-12-25(41-14)18-11-17(5-6-20(18)29)26-19(8-16-4-7-22(21(30)9-16)34-42(38)39)24(10-15-2-3-15)35(33-26)28-32-23(13-40-28)27(36)37/h4-7,9,11-13,15,34H,2-3,8,10H2,1H3,(H,36,37)(H,38,39). The molecule has 0 bridgehead atoms. The Balaban J connectivity index is 1.52. The van der Waals surface area contributed by atoms with Crippen molar-refractivity contribution in [2.75, 3.05) is 4.72 Å². The van der Waals surface area contributed by atoms with E-state index in [-0.39, 0.29) is 17.8 Å². The maximum Gasteiger partial charge on any atom is 0.355 e. The number of aromatic carboxylic acids is 1. The Kier molecular flexibility index (Phi) is 7.70. The van der Waals surface area contributed by atoms with E-state index in [0.717, 1.165) is 40.4 Å². The zero-order chi connectivity index (χ0) is 29.5. The second-order valence-corrected chi connectivity index (χ2v) is 12.7. The summed E-state index contributed by atoms with van der Waals surface area (Å²) >= 11 is 0.0984. The highest BCUT2D eigenvalue weighted by Gasteiger charge is 2.30. The normalized spacial score (nSPS) is 13.8. The maximum atomic E-state index is 15.0. The number of carboxylic acids is 1. The zero-order valence-electron chi connectivity index (χ0n) is 22.0. The van der Waals surface area contributed by atoms with Crippen molar-refractivity contribution in [2.45, 2.75) is 32.6 Å². The molecule has 1 fully saturated rings. The molecule has 0 aliphatic heterocycles. The van der Waals surface area contributed by atoms with Crippen LogP contribution in [-0.4, -0.2) is 39.6 Å². The number of benzene rings is 2. The molecular weight excluding hydrogens is 605 g/mol. The fourth-order valence-electron chi connectivity index (χ4n) is 4.72. The number of carbonyl (C=O) groups is 1. The summed E-state index contributed by atoms with van der Waals surface area (Å²) in [4.78, 5) is 20.8. The molecule has 14 heteroatoms. The SMILES string of the molecule is Cc1ncc(-c2cc(-c3nn(-c4nc(C(=O)O)cs4)c(CC4CC4)c3Cc3ccc(NS(=O)O)c(F)c3)ccc2F)s1. The lowest BCUT2D eigenvalue weighted by Gasteiger charge is -2.11.